The number of benzene rings is 1. The summed E-state index contributed by atoms with van der Waals surface area (Å²) < 4.78 is 32.1. The molecule has 2 aliphatic rings. The second-order valence-corrected chi connectivity index (χ2v) is 6.42. The molecule has 1 aromatic carbocycles. The van der Waals surface area contributed by atoms with E-state index in [0.29, 0.717) is 31.8 Å². The Morgan fingerprint density at radius 2 is 1.96 bits per heavy atom. The number of carbonyl (C=O) groups excluding carboxylic acids is 1. The van der Waals surface area contributed by atoms with Crippen LogP contribution in [0.4, 0.5) is 8.78 Å². The van der Waals surface area contributed by atoms with Gasteiger partial charge in [0.25, 0.3) is 0 Å². The zero-order valence-electron chi connectivity index (χ0n) is 13.6. The minimum absolute atomic E-state index is 0. The number of ether oxygens (including phenoxy) is 1. The highest BCUT2D eigenvalue weighted by atomic mass is 35.5. The van der Waals surface area contributed by atoms with Gasteiger partial charge in [-0.2, -0.15) is 0 Å². The average molecular weight is 361 g/mol. The highest BCUT2D eigenvalue weighted by molar-refractivity contribution is 5.85. The molecule has 3 rings (SSSR count). The van der Waals surface area contributed by atoms with Crippen LogP contribution < -0.4 is 10.1 Å². The van der Waals surface area contributed by atoms with Crippen molar-refractivity contribution in [3.8, 4) is 5.75 Å². The molecule has 1 atom stereocenters. The number of hydrogen-bond donors (Lipinski definition) is 1. The summed E-state index contributed by atoms with van der Waals surface area (Å²) in [6.45, 7) is 5.06. The average Bonchev–Trinajstić information content (AvgIpc) is 2.48. The SMILES string of the molecule is CC(C(=O)N1CCC(Oc2ccc(F)cc2F)CC1)C1CNC1.Cl. The van der Waals surface area contributed by atoms with Crippen LogP contribution in [-0.4, -0.2) is 43.1 Å². The molecule has 7 heteroatoms. The number of nitrogens with zero attached hydrogens (tertiary/aromatic N) is 1. The van der Waals surface area contributed by atoms with Gasteiger partial charge in [0.05, 0.1) is 0 Å². The number of hydrogen-bond acceptors (Lipinski definition) is 3. The maximum Gasteiger partial charge on any atom is 0.225 e. The van der Waals surface area contributed by atoms with Crippen molar-refractivity contribution in [1.82, 2.24) is 10.2 Å². The number of rotatable bonds is 4. The van der Waals surface area contributed by atoms with Crippen molar-refractivity contribution in [3.05, 3.63) is 29.8 Å². The van der Waals surface area contributed by atoms with Gasteiger partial charge in [0.1, 0.15) is 11.9 Å². The number of likely N-dealkylation sites (tertiary alicyclic amines) is 1. The summed E-state index contributed by atoms with van der Waals surface area (Å²) >= 11 is 0. The van der Waals surface area contributed by atoms with Gasteiger partial charge in [-0.1, -0.05) is 6.92 Å². The van der Waals surface area contributed by atoms with Crippen LogP contribution in [0.1, 0.15) is 19.8 Å². The zero-order chi connectivity index (χ0) is 16.4. The van der Waals surface area contributed by atoms with E-state index in [1.807, 2.05) is 11.8 Å². The molecule has 4 nitrogen and oxygen atoms in total. The molecular weight excluding hydrogens is 338 g/mol. The van der Waals surface area contributed by atoms with Crippen molar-refractivity contribution in [3.63, 3.8) is 0 Å². The summed E-state index contributed by atoms with van der Waals surface area (Å²) in [4.78, 5) is 14.3. The van der Waals surface area contributed by atoms with Crippen molar-refractivity contribution < 1.29 is 18.3 Å². The highest BCUT2D eigenvalue weighted by Gasteiger charge is 2.33. The van der Waals surface area contributed by atoms with Crippen LogP contribution in [0.2, 0.25) is 0 Å². The fraction of sp³-hybridized carbons (Fsp3) is 0.588. The van der Waals surface area contributed by atoms with Crippen LogP contribution in [0, 0.1) is 23.5 Å². The van der Waals surface area contributed by atoms with Crippen LogP contribution in [-0.2, 0) is 4.79 Å². The van der Waals surface area contributed by atoms with Crippen LogP contribution >= 0.6 is 12.4 Å². The van der Waals surface area contributed by atoms with Crippen molar-refractivity contribution in [2.45, 2.75) is 25.9 Å². The van der Waals surface area contributed by atoms with Gasteiger partial charge >= 0.3 is 0 Å². The van der Waals surface area contributed by atoms with E-state index in [0.717, 1.165) is 19.2 Å². The van der Waals surface area contributed by atoms with Crippen LogP contribution in [0.25, 0.3) is 0 Å². The van der Waals surface area contributed by atoms with Gasteiger partial charge in [0, 0.05) is 37.9 Å². The molecule has 2 saturated heterocycles. The molecule has 2 heterocycles. The molecular formula is C17H23ClF2N2O2. The molecule has 0 aliphatic carbocycles. The quantitative estimate of drug-likeness (QED) is 0.897. The lowest BCUT2D eigenvalue weighted by Crippen LogP contribution is -2.52. The number of halogens is 3. The number of amides is 1. The maximum absolute atomic E-state index is 13.6. The Morgan fingerprint density at radius 3 is 2.50 bits per heavy atom. The summed E-state index contributed by atoms with van der Waals surface area (Å²) in [5.74, 6) is -0.551. The molecule has 1 N–H and O–H groups in total. The van der Waals surface area contributed by atoms with E-state index < -0.39 is 11.6 Å². The van der Waals surface area contributed by atoms with Crippen molar-refractivity contribution in [2.75, 3.05) is 26.2 Å². The predicted molar refractivity (Wildman–Crippen MR) is 89.4 cm³/mol. The first-order chi connectivity index (χ1) is 11.0. The lowest BCUT2D eigenvalue weighted by molar-refractivity contribution is -0.139. The third kappa shape index (κ3) is 4.16. The summed E-state index contributed by atoms with van der Waals surface area (Å²) in [6, 6.07) is 3.32. The molecule has 1 aromatic rings. The molecule has 1 unspecified atom stereocenters. The summed E-state index contributed by atoms with van der Waals surface area (Å²) in [5.41, 5.74) is 0. The molecule has 0 radical (unpaired) electrons. The Labute approximate surface area is 147 Å². The van der Waals surface area contributed by atoms with E-state index in [1.165, 1.54) is 12.1 Å². The summed E-state index contributed by atoms with van der Waals surface area (Å²) in [7, 11) is 0. The first kappa shape index (κ1) is 18.9. The van der Waals surface area contributed by atoms with Gasteiger partial charge in [-0.3, -0.25) is 4.79 Å². The molecule has 0 saturated carbocycles. The van der Waals surface area contributed by atoms with Crippen molar-refractivity contribution in [2.24, 2.45) is 11.8 Å². The summed E-state index contributed by atoms with van der Waals surface area (Å²) in [6.07, 6.45) is 1.19. The van der Waals surface area contributed by atoms with E-state index in [1.54, 1.807) is 0 Å². The minimum atomic E-state index is -0.686. The zero-order valence-corrected chi connectivity index (χ0v) is 14.5. The van der Waals surface area contributed by atoms with Gasteiger partial charge in [-0.25, -0.2) is 8.78 Å². The Bertz CT molecular complexity index is 576. The highest BCUT2D eigenvalue weighted by Crippen LogP contribution is 2.25. The standard InChI is InChI=1S/C17H22F2N2O2.ClH/c1-11(12-9-20-10-12)17(22)21-6-4-14(5-7-21)23-16-3-2-13(18)8-15(16)19;/h2-3,8,11-12,14,20H,4-7,9-10H2,1H3;1H. The number of piperidine rings is 1. The van der Waals surface area contributed by atoms with Crippen LogP contribution in [0.3, 0.4) is 0 Å². The molecule has 24 heavy (non-hydrogen) atoms. The largest absolute Gasteiger partial charge is 0.487 e. The number of carbonyl (C=O) groups is 1. The fourth-order valence-corrected chi connectivity index (χ4v) is 3.10. The van der Waals surface area contributed by atoms with Gasteiger partial charge in [0.2, 0.25) is 5.91 Å². The van der Waals surface area contributed by atoms with E-state index >= 15 is 0 Å². The van der Waals surface area contributed by atoms with E-state index in [2.05, 4.69) is 5.32 Å². The Balaban J connectivity index is 0.00000208. The monoisotopic (exact) mass is 360 g/mol. The van der Waals surface area contributed by atoms with Gasteiger partial charge in [0.15, 0.2) is 11.6 Å². The lowest BCUT2D eigenvalue weighted by atomic mass is 9.87. The van der Waals surface area contributed by atoms with E-state index in [4.69, 9.17) is 4.74 Å². The van der Waals surface area contributed by atoms with Crippen molar-refractivity contribution in [1.29, 1.82) is 0 Å². The molecule has 0 aromatic heterocycles. The van der Waals surface area contributed by atoms with Crippen LogP contribution in [0.15, 0.2) is 18.2 Å². The summed E-state index contributed by atoms with van der Waals surface area (Å²) in [5, 5.41) is 3.19. The molecule has 2 aliphatic heterocycles. The molecule has 2 fully saturated rings. The van der Waals surface area contributed by atoms with Crippen LogP contribution in [0.5, 0.6) is 5.75 Å². The molecule has 0 spiro atoms. The first-order valence-electron chi connectivity index (χ1n) is 8.16. The molecule has 1 amide bonds. The Morgan fingerprint density at radius 1 is 1.29 bits per heavy atom. The number of nitrogens with one attached hydrogen (secondary N) is 1. The lowest BCUT2D eigenvalue weighted by Gasteiger charge is -2.38. The normalized spacial score (nSPS) is 20.0. The first-order valence-corrected chi connectivity index (χ1v) is 8.16. The van der Waals surface area contributed by atoms with E-state index in [-0.39, 0.29) is 36.1 Å². The van der Waals surface area contributed by atoms with Crippen molar-refractivity contribution >= 4 is 18.3 Å². The van der Waals surface area contributed by atoms with Gasteiger partial charge < -0.3 is 15.0 Å². The predicted octanol–water partition coefficient (Wildman–Crippen LogP) is 2.61. The third-order valence-corrected chi connectivity index (χ3v) is 4.85. The second-order valence-electron chi connectivity index (χ2n) is 6.42. The van der Waals surface area contributed by atoms with Gasteiger partial charge in [-0.15, -0.1) is 12.4 Å². The Kier molecular flexibility index (Phi) is 6.40. The molecule has 0 bridgehead atoms. The molecule has 134 valence electrons. The fourth-order valence-electron chi connectivity index (χ4n) is 3.10. The Hall–Kier alpha value is -1.40. The van der Waals surface area contributed by atoms with E-state index in [9.17, 15) is 13.6 Å². The third-order valence-electron chi connectivity index (χ3n) is 4.85. The smallest absolute Gasteiger partial charge is 0.225 e. The maximum atomic E-state index is 13.6. The second kappa shape index (κ2) is 8.12. The topological polar surface area (TPSA) is 41.6 Å². The minimum Gasteiger partial charge on any atom is -0.487 e. The van der Waals surface area contributed by atoms with Gasteiger partial charge in [-0.05, 0) is 31.1 Å².